The molecule has 0 aromatic heterocycles. The van der Waals surface area contributed by atoms with E-state index in [-0.39, 0.29) is 13.2 Å². The Morgan fingerprint density at radius 1 is 0.850 bits per heavy atom. The lowest BCUT2D eigenvalue weighted by Gasteiger charge is -2.11. The fourth-order valence-electron chi connectivity index (χ4n) is 2.65. The molecule has 2 nitrogen and oxygen atoms in total. The van der Waals surface area contributed by atoms with Crippen LogP contribution in [0.3, 0.4) is 0 Å². The minimum atomic E-state index is -0.00298. The van der Waals surface area contributed by atoms with Crippen LogP contribution < -0.4 is 0 Å². The van der Waals surface area contributed by atoms with Crippen LogP contribution in [0.4, 0.5) is 0 Å². The van der Waals surface area contributed by atoms with Crippen LogP contribution in [0.5, 0.6) is 0 Å². The number of hydrogen-bond acceptors (Lipinski definition) is 2. The van der Waals surface area contributed by atoms with Crippen LogP contribution >= 0.6 is 0 Å². The topological polar surface area (TPSA) is 40.5 Å². The second-order valence-corrected chi connectivity index (χ2v) is 5.99. The Morgan fingerprint density at radius 2 is 1.40 bits per heavy atom. The van der Waals surface area contributed by atoms with Crippen LogP contribution in [-0.2, 0) is 18.6 Å². The quantitative estimate of drug-likeness (QED) is 0.892. The van der Waals surface area contributed by atoms with E-state index in [4.69, 9.17) is 0 Å². The van der Waals surface area contributed by atoms with Crippen LogP contribution in [0.25, 0.3) is 11.1 Å². The molecule has 104 valence electrons. The zero-order valence-corrected chi connectivity index (χ0v) is 11.8. The summed E-state index contributed by atoms with van der Waals surface area (Å²) in [5.41, 5.74) is 5.65. The highest BCUT2D eigenvalue weighted by Gasteiger charge is 2.38. The van der Waals surface area contributed by atoms with Gasteiger partial charge >= 0.3 is 0 Å². The van der Waals surface area contributed by atoms with Gasteiger partial charge in [0.25, 0.3) is 0 Å². The Kier molecular flexibility index (Phi) is 3.36. The van der Waals surface area contributed by atoms with E-state index in [1.165, 1.54) is 18.4 Å². The molecule has 0 unspecified atom stereocenters. The summed E-state index contributed by atoms with van der Waals surface area (Å²) in [7, 11) is 0. The third-order valence-corrected chi connectivity index (χ3v) is 4.33. The van der Waals surface area contributed by atoms with Crippen molar-refractivity contribution in [3.05, 3.63) is 59.2 Å². The predicted octanol–water partition coefficient (Wildman–Crippen LogP) is 3.39. The highest BCUT2D eigenvalue weighted by molar-refractivity contribution is 5.65. The summed E-state index contributed by atoms with van der Waals surface area (Å²) < 4.78 is 0. The van der Waals surface area contributed by atoms with Crippen molar-refractivity contribution in [2.24, 2.45) is 0 Å². The SMILES string of the molecule is CC1(c2ccc(-c3cc(CO)cc(CO)c3)cc2)CC1. The Hall–Kier alpha value is -1.64. The average molecular weight is 268 g/mol. The molecule has 1 saturated carbocycles. The van der Waals surface area contributed by atoms with Gasteiger partial charge in [-0.25, -0.2) is 0 Å². The standard InChI is InChI=1S/C18H20O2/c1-18(6-7-18)17-4-2-15(3-5-17)16-9-13(11-19)8-14(10-16)12-20/h2-5,8-10,19-20H,6-7,11-12H2,1H3. The lowest BCUT2D eigenvalue weighted by Crippen LogP contribution is -1.98. The van der Waals surface area contributed by atoms with E-state index in [0.29, 0.717) is 5.41 Å². The Balaban J connectivity index is 1.95. The number of rotatable bonds is 4. The van der Waals surface area contributed by atoms with Gasteiger partial charge < -0.3 is 10.2 Å². The van der Waals surface area contributed by atoms with Crippen molar-refractivity contribution in [3.63, 3.8) is 0 Å². The highest BCUT2D eigenvalue weighted by atomic mass is 16.3. The van der Waals surface area contributed by atoms with Crippen molar-refractivity contribution in [2.45, 2.75) is 38.4 Å². The molecule has 3 rings (SSSR count). The van der Waals surface area contributed by atoms with E-state index in [2.05, 4.69) is 31.2 Å². The number of aliphatic hydroxyl groups excluding tert-OH is 2. The molecule has 2 aromatic rings. The molecule has 1 fully saturated rings. The molecule has 1 aliphatic carbocycles. The minimum absolute atomic E-state index is 0.00298. The van der Waals surface area contributed by atoms with Gasteiger partial charge in [0.15, 0.2) is 0 Å². The lowest BCUT2D eigenvalue weighted by atomic mass is 9.94. The molecule has 20 heavy (non-hydrogen) atoms. The van der Waals surface area contributed by atoms with Crippen LogP contribution in [0, 0.1) is 0 Å². The number of aliphatic hydroxyl groups is 2. The van der Waals surface area contributed by atoms with E-state index in [9.17, 15) is 10.2 Å². The second kappa shape index (κ2) is 5.04. The molecule has 1 aliphatic rings. The van der Waals surface area contributed by atoms with Gasteiger partial charge in [0.2, 0.25) is 0 Å². The first kappa shape index (κ1) is 13.3. The normalized spacial score (nSPS) is 16.1. The first-order chi connectivity index (χ1) is 9.64. The van der Waals surface area contributed by atoms with Gasteiger partial charge in [0, 0.05) is 0 Å². The van der Waals surface area contributed by atoms with Crippen molar-refractivity contribution < 1.29 is 10.2 Å². The highest BCUT2D eigenvalue weighted by Crippen LogP contribution is 2.47. The third kappa shape index (κ3) is 2.49. The van der Waals surface area contributed by atoms with Crippen LogP contribution in [0.2, 0.25) is 0 Å². The fraction of sp³-hybridized carbons (Fsp3) is 0.333. The van der Waals surface area contributed by atoms with Gasteiger partial charge in [0.1, 0.15) is 0 Å². The van der Waals surface area contributed by atoms with Crippen molar-refractivity contribution in [2.75, 3.05) is 0 Å². The monoisotopic (exact) mass is 268 g/mol. The Labute approximate surface area is 119 Å². The molecular formula is C18H20O2. The van der Waals surface area contributed by atoms with E-state index < -0.39 is 0 Å². The summed E-state index contributed by atoms with van der Waals surface area (Å²) in [6.45, 7) is 2.30. The molecular weight excluding hydrogens is 248 g/mol. The van der Waals surface area contributed by atoms with E-state index in [1.54, 1.807) is 0 Å². The van der Waals surface area contributed by atoms with Gasteiger partial charge in [-0.15, -0.1) is 0 Å². The molecule has 0 amide bonds. The molecule has 2 N–H and O–H groups in total. The maximum absolute atomic E-state index is 9.31. The van der Waals surface area contributed by atoms with Crippen LogP contribution in [0.1, 0.15) is 36.5 Å². The zero-order chi connectivity index (χ0) is 14.2. The number of hydrogen-bond donors (Lipinski definition) is 2. The second-order valence-electron chi connectivity index (χ2n) is 5.99. The Morgan fingerprint density at radius 3 is 1.85 bits per heavy atom. The van der Waals surface area contributed by atoms with Crippen LogP contribution in [-0.4, -0.2) is 10.2 Å². The molecule has 0 spiro atoms. The summed E-state index contributed by atoms with van der Waals surface area (Å²) in [6, 6.07) is 14.5. The minimum Gasteiger partial charge on any atom is -0.392 e. The molecule has 2 heteroatoms. The molecule has 2 aromatic carbocycles. The molecule has 0 bridgehead atoms. The van der Waals surface area contributed by atoms with Crippen molar-refractivity contribution in [1.82, 2.24) is 0 Å². The summed E-state index contributed by atoms with van der Waals surface area (Å²) in [5.74, 6) is 0. The largest absolute Gasteiger partial charge is 0.392 e. The van der Waals surface area contributed by atoms with E-state index in [0.717, 1.165) is 22.3 Å². The van der Waals surface area contributed by atoms with E-state index in [1.807, 2.05) is 18.2 Å². The summed E-state index contributed by atoms with van der Waals surface area (Å²) in [6.07, 6.45) is 2.56. The van der Waals surface area contributed by atoms with Gasteiger partial charge in [-0.3, -0.25) is 0 Å². The fourth-order valence-corrected chi connectivity index (χ4v) is 2.65. The maximum atomic E-state index is 9.31. The van der Waals surface area contributed by atoms with Crippen molar-refractivity contribution in [3.8, 4) is 11.1 Å². The predicted molar refractivity (Wildman–Crippen MR) is 80.3 cm³/mol. The Bertz CT molecular complexity index is 588. The first-order valence-electron chi connectivity index (χ1n) is 7.10. The average Bonchev–Trinajstić information content (AvgIpc) is 3.26. The molecule has 0 atom stereocenters. The maximum Gasteiger partial charge on any atom is 0.0682 e. The molecule has 0 saturated heterocycles. The zero-order valence-electron chi connectivity index (χ0n) is 11.8. The summed E-state index contributed by atoms with van der Waals surface area (Å²) >= 11 is 0. The smallest absolute Gasteiger partial charge is 0.0682 e. The summed E-state index contributed by atoms with van der Waals surface area (Å²) in [5, 5.41) is 18.6. The van der Waals surface area contributed by atoms with Gasteiger partial charge in [-0.2, -0.15) is 0 Å². The molecule has 0 aliphatic heterocycles. The molecule has 0 heterocycles. The molecule has 0 radical (unpaired) electrons. The van der Waals surface area contributed by atoms with Gasteiger partial charge in [-0.1, -0.05) is 37.3 Å². The third-order valence-electron chi connectivity index (χ3n) is 4.33. The van der Waals surface area contributed by atoms with Crippen molar-refractivity contribution in [1.29, 1.82) is 0 Å². The number of benzene rings is 2. The van der Waals surface area contributed by atoms with Gasteiger partial charge in [0.05, 0.1) is 13.2 Å². The first-order valence-corrected chi connectivity index (χ1v) is 7.10. The lowest BCUT2D eigenvalue weighted by molar-refractivity contribution is 0.275. The van der Waals surface area contributed by atoms with E-state index >= 15 is 0 Å². The summed E-state index contributed by atoms with van der Waals surface area (Å²) in [4.78, 5) is 0. The van der Waals surface area contributed by atoms with Gasteiger partial charge in [-0.05, 0) is 58.2 Å². The van der Waals surface area contributed by atoms with Crippen molar-refractivity contribution >= 4 is 0 Å². The van der Waals surface area contributed by atoms with Crippen LogP contribution in [0.15, 0.2) is 42.5 Å².